The highest BCUT2D eigenvalue weighted by Crippen LogP contribution is 2.44. The third kappa shape index (κ3) is 3.70. The number of rotatable bonds is 5. The maximum atomic E-state index is 12.4. The minimum absolute atomic E-state index is 0.0359. The minimum atomic E-state index is -0.485. The quantitative estimate of drug-likeness (QED) is 0.851. The van der Waals surface area contributed by atoms with Gasteiger partial charge in [0.2, 0.25) is 0 Å². The molecule has 0 saturated carbocycles. The first-order chi connectivity index (χ1) is 13.3. The van der Waals surface area contributed by atoms with Crippen LogP contribution in [-0.2, 0) is 9.47 Å². The molecule has 2 atom stereocenters. The van der Waals surface area contributed by atoms with E-state index in [1.165, 1.54) is 22.3 Å². The number of aliphatic hydroxyl groups is 1. The average molecular weight is 367 g/mol. The van der Waals surface area contributed by atoms with Gasteiger partial charge in [0, 0.05) is 18.4 Å². The second-order valence-corrected chi connectivity index (χ2v) is 7.24. The van der Waals surface area contributed by atoms with E-state index in [1.54, 1.807) is 0 Å². The van der Waals surface area contributed by atoms with Crippen molar-refractivity contribution in [2.75, 3.05) is 26.4 Å². The average Bonchev–Trinajstić information content (AvgIpc) is 3.05. The second kappa shape index (κ2) is 8.11. The predicted octanol–water partition coefficient (Wildman–Crippen LogP) is 3.31. The van der Waals surface area contributed by atoms with Gasteiger partial charge in [-0.15, -0.1) is 0 Å². The van der Waals surface area contributed by atoms with E-state index in [4.69, 9.17) is 9.47 Å². The molecule has 2 N–H and O–H groups in total. The van der Waals surface area contributed by atoms with E-state index < -0.39 is 6.09 Å². The fourth-order valence-corrected chi connectivity index (χ4v) is 4.19. The van der Waals surface area contributed by atoms with E-state index in [9.17, 15) is 9.90 Å². The first kappa shape index (κ1) is 18.0. The Labute approximate surface area is 159 Å². The third-order valence-electron chi connectivity index (χ3n) is 5.61. The molecule has 1 aliphatic heterocycles. The molecule has 27 heavy (non-hydrogen) atoms. The summed E-state index contributed by atoms with van der Waals surface area (Å²) in [6.07, 6.45) is 1.41. The molecule has 1 amide bonds. The predicted molar refractivity (Wildman–Crippen MR) is 103 cm³/mol. The summed E-state index contributed by atoms with van der Waals surface area (Å²) in [4.78, 5) is 12.4. The smallest absolute Gasteiger partial charge is 0.407 e. The van der Waals surface area contributed by atoms with Crippen LogP contribution in [-0.4, -0.2) is 43.7 Å². The van der Waals surface area contributed by atoms with Crippen molar-refractivity contribution in [1.29, 1.82) is 0 Å². The Balaban J connectivity index is 1.41. The maximum absolute atomic E-state index is 12.4. The molecule has 2 aromatic rings. The molecule has 2 aromatic carbocycles. The summed E-state index contributed by atoms with van der Waals surface area (Å²) in [6.45, 7) is 1.48. The number of alkyl carbamates (subject to hydrolysis) is 1. The van der Waals surface area contributed by atoms with Gasteiger partial charge in [-0.25, -0.2) is 4.79 Å². The molecule has 1 saturated heterocycles. The summed E-state index contributed by atoms with van der Waals surface area (Å²) < 4.78 is 11.0. The van der Waals surface area contributed by atoms with Crippen molar-refractivity contribution < 1.29 is 19.4 Å². The minimum Gasteiger partial charge on any atom is -0.449 e. The van der Waals surface area contributed by atoms with E-state index in [0.717, 1.165) is 19.4 Å². The normalized spacial score (nSPS) is 19.8. The fourth-order valence-electron chi connectivity index (χ4n) is 4.19. The van der Waals surface area contributed by atoms with Crippen molar-refractivity contribution in [2.45, 2.75) is 24.8 Å². The molecule has 4 rings (SSSR count). The maximum Gasteiger partial charge on any atom is 0.407 e. The van der Waals surface area contributed by atoms with Crippen LogP contribution in [0, 0.1) is 5.92 Å². The number of fused-ring (bicyclic) bond motifs is 3. The molecule has 1 heterocycles. The monoisotopic (exact) mass is 367 g/mol. The molecular formula is C22H25NO4. The lowest BCUT2D eigenvalue weighted by atomic mass is 9.94. The van der Waals surface area contributed by atoms with Gasteiger partial charge in [-0.1, -0.05) is 48.5 Å². The topological polar surface area (TPSA) is 67.8 Å². The van der Waals surface area contributed by atoms with E-state index in [2.05, 4.69) is 29.6 Å². The van der Waals surface area contributed by atoms with Crippen LogP contribution in [0.25, 0.3) is 11.1 Å². The van der Waals surface area contributed by atoms with Crippen molar-refractivity contribution >= 4 is 6.09 Å². The van der Waals surface area contributed by atoms with Crippen LogP contribution < -0.4 is 5.32 Å². The molecule has 0 spiro atoms. The largest absolute Gasteiger partial charge is 0.449 e. The zero-order valence-electron chi connectivity index (χ0n) is 15.3. The molecule has 0 bridgehead atoms. The number of amides is 1. The van der Waals surface area contributed by atoms with E-state index in [-0.39, 0.29) is 31.1 Å². The standard InChI is InChI=1S/C22H25NO4/c24-12-21(15-6-5-11-26-13-15)23-22(25)27-14-20-18-9-3-1-7-16(18)17-8-2-4-10-19(17)20/h1-4,7-10,15,20-21,24H,5-6,11-14H2,(H,23,25). The molecule has 5 nitrogen and oxygen atoms in total. The Morgan fingerprint density at radius 2 is 1.81 bits per heavy atom. The first-order valence-electron chi connectivity index (χ1n) is 9.58. The molecule has 0 aromatic heterocycles. The number of hydrogen-bond acceptors (Lipinski definition) is 4. The fraction of sp³-hybridized carbons (Fsp3) is 0.409. The molecule has 0 radical (unpaired) electrons. The van der Waals surface area contributed by atoms with Gasteiger partial charge in [-0.3, -0.25) is 0 Å². The summed E-state index contributed by atoms with van der Waals surface area (Å²) in [6, 6.07) is 16.2. The van der Waals surface area contributed by atoms with Crippen LogP contribution in [0.4, 0.5) is 4.79 Å². The van der Waals surface area contributed by atoms with Crippen LogP contribution >= 0.6 is 0 Å². The molecule has 142 valence electrons. The molecular weight excluding hydrogens is 342 g/mol. The Morgan fingerprint density at radius 3 is 2.41 bits per heavy atom. The molecule has 1 fully saturated rings. The summed E-state index contributed by atoms with van der Waals surface area (Å²) in [5, 5.41) is 12.5. The van der Waals surface area contributed by atoms with Gasteiger partial charge in [0.25, 0.3) is 0 Å². The SMILES string of the molecule is O=C(NC(CO)C1CCCOC1)OCC1c2ccccc2-c2ccccc21. The highest BCUT2D eigenvalue weighted by Gasteiger charge is 2.30. The Morgan fingerprint density at radius 1 is 1.15 bits per heavy atom. The number of hydrogen-bond donors (Lipinski definition) is 2. The van der Waals surface area contributed by atoms with Crippen LogP contribution in [0.15, 0.2) is 48.5 Å². The third-order valence-corrected chi connectivity index (χ3v) is 5.61. The number of benzene rings is 2. The lowest BCUT2D eigenvalue weighted by Crippen LogP contribution is -2.46. The van der Waals surface area contributed by atoms with Crippen LogP contribution in [0.2, 0.25) is 0 Å². The highest BCUT2D eigenvalue weighted by molar-refractivity contribution is 5.79. The van der Waals surface area contributed by atoms with Crippen molar-refractivity contribution in [3.63, 3.8) is 0 Å². The van der Waals surface area contributed by atoms with Gasteiger partial charge in [0.1, 0.15) is 6.61 Å². The number of ether oxygens (including phenoxy) is 2. The van der Waals surface area contributed by atoms with Crippen molar-refractivity contribution in [3.05, 3.63) is 59.7 Å². The second-order valence-electron chi connectivity index (χ2n) is 7.24. The summed E-state index contributed by atoms with van der Waals surface area (Å²) in [7, 11) is 0. The zero-order valence-corrected chi connectivity index (χ0v) is 15.3. The number of carbonyl (C=O) groups excluding carboxylic acids is 1. The van der Waals surface area contributed by atoms with E-state index in [1.807, 2.05) is 24.3 Å². The van der Waals surface area contributed by atoms with Crippen LogP contribution in [0.3, 0.4) is 0 Å². The molecule has 1 aliphatic carbocycles. The molecule has 5 heteroatoms. The van der Waals surface area contributed by atoms with Crippen molar-refractivity contribution in [2.24, 2.45) is 5.92 Å². The van der Waals surface area contributed by atoms with Gasteiger partial charge in [0.05, 0.1) is 19.3 Å². The number of nitrogens with one attached hydrogen (secondary N) is 1. The summed E-state index contributed by atoms with van der Waals surface area (Å²) in [5.41, 5.74) is 4.78. The van der Waals surface area contributed by atoms with Crippen LogP contribution in [0.5, 0.6) is 0 Å². The molecule has 2 unspecified atom stereocenters. The van der Waals surface area contributed by atoms with Gasteiger partial charge >= 0.3 is 6.09 Å². The van der Waals surface area contributed by atoms with Gasteiger partial charge in [-0.05, 0) is 35.1 Å². The highest BCUT2D eigenvalue weighted by atomic mass is 16.5. The Bertz CT molecular complexity index is 755. The van der Waals surface area contributed by atoms with Crippen molar-refractivity contribution in [3.8, 4) is 11.1 Å². The van der Waals surface area contributed by atoms with Gasteiger partial charge in [-0.2, -0.15) is 0 Å². The Hall–Kier alpha value is -2.37. The first-order valence-corrected chi connectivity index (χ1v) is 9.58. The number of aliphatic hydroxyl groups excluding tert-OH is 1. The Kier molecular flexibility index (Phi) is 5.41. The zero-order chi connectivity index (χ0) is 18.6. The van der Waals surface area contributed by atoms with E-state index >= 15 is 0 Å². The lowest BCUT2D eigenvalue weighted by molar-refractivity contribution is 0.0271. The summed E-state index contributed by atoms with van der Waals surface area (Å²) in [5.74, 6) is 0.165. The van der Waals surface area contributed by atoms with Crippen LogP contribution in [0.1, 0.15) is 29.9 Å². The van der Waals surface area contributed by atoms with Crippen molar-refractivity contribution in [1.82, 2.24) is 5.32 Å². The molecule has 2 aliphatic rings. The number of carbonyl (C=O) groups is 1. The lowest BCUT2D eigenvalue weighted by Gasteiger charge is -2.29. The van der Waals surface area contributed by atoms with Gasteiger partial charge in [0.15, 0.2) is 0 Å². The van der Waals surface area contributed by atoms with E-state index in [0.29, 0.717) is 6.61 Å². The summed E-state index contributed by atoms with van der Waals surface area (Å²) >= 11 is 0. The van der Waals surface area contributed by atoms with Gasteiger partial charge < -0.3 is 19.9 Å².